The van der Waals surface area contributed by atoms with Crippen LogP contribution in [0, 0.1) is 51.7 Å². The Hall–Kier alpha value is -0.960. The first-order valence-corrected chi connectivity index (χ1v) is 12.6. The number of allylic oxidation sites excluding steroid dienone is 1. The summed E-state index contributed by atoms with van der Waals surface area (Å²) in [5.74, 6) is 6.13. The van der Waals surface area contributed by atoms with Gasteiger partial charge in [0.1, 0.15) is 0 Å². The van der Waals surface area contributed by atoms with E-state index in [-0.39, 0.29) is 11.6 Å². The zero-order valence-corrected chi connectivity index (χ0v) is 17.8. The molecule has 7 rings (SSSR count). The molecule has 0 amide bonds. The van der Waals surface area contributed by atoms with Crippen LogP contribution in [0.15, 0.2) is 28.5 Å². The van der Waals surface area contributed by atoms with E-state index in [9.17, 15) is 4.91 Å². The van der Waals surface area contributed by atoms with E-state index in [1.165, 1.54) is 44.9 Å². The summed E-state index contributed by atoms with van der Waals surface area (Å²) in [5.41, 5.74) is 3.95. The molecule has 9 atom stereocenters. The van der Waals surface area contributed by atoms with Crippen molar-refractivity contribution in [3.8, 4) is 0 Å². The molecule has 7 unspecified atom stereocenters. The van der Waals surface area contributed by atoms with Gasteiger partial charge in [-0.05, 0) is 106 Å². The largest absolute Gasteiger partial charge is 0.366 e. The Morgan fingerprint density at radius 1 is 1.17 bits per heavy atom. The zero-order chi connectivity index (χ0) is 19.4. The molecule has 1 spiro atoms. The van der Waals surface area contributed by atoms with Crippen LogP contribution in [0.5, 0.6) is 0 Å². The third-order valence-corrected chi connectivity index (χ3v) is 10.9. The first-order chi connectivity index (χ1) is 14.2. The summed E-state index contributed by atoms with van der Waals surface area (Å²) in [6.45, 7) is 3.31. The summed E-state index contributed by atoms with van der Waals surface area (Å²) in [7, 11) is 0. The third-order valence-electron chi connectivity index (χ3n) is 10.9. The fourth-order valence-electron chi connectivity index (χ4n) is 9.87. The molecule has 7 aliphatic rings. The molecule has 6 aliphatic carbocycles. The Balaban J connectivity index is 1.33. The van der Waals surface area contributed by atoms with Gasteiger partial charge in [0.25, 0.3) is 0 Å². The van der Waals surface area contributed by atoms with Crippen LogP contribution >= 0.6 is 0 Å². The second-order valence-corrected chi connectivity index (χ2v) is 11.6. The standard InChI is InChI=1S/C26H35NO2/c1-2-25-10-8-19-18-7-6-17(27-28)12-16(18)13-20(15-4-5-15)23(19)24(25)21-14-22(21)26(25)9-3-11-29-26/h3,9,15,17,19-24H,2,4-8,10-14H2,1H3/t17?,19?,20?,21?,22?,23?,24?,25-,26-/m0/s1. The SMILES string of the molecule is CC[C@]12CCC3C4=C(CC(N=O)CC4)CC(C4CC4)C3C1C1CC1[C@@]21C=CCO1. The fraction of sp³-hybridized carbons (Fsp3) is 0.846. The van der Waals surface area contributed by atoms with Gasteiger partial charge in [0.2, 0.25) is 0 Å². The highest BCUT2D eigenvalue weighted by molar-refractivity contribution is 5.37. The van der Waals surface area contributed by atoms with Crippen molar-refractivity contribution in [3.63, 3.8) is 0 Å². The van der Waals surface area contributed by atoms with Crippen LogP contribution in [0.25, 0.3) is 0 Å². The number of fused-ring (bicyclic) bond motifs is 8. The van der Waals surface area contributed by atoms with E-state index < -0.39 is 0 Å². The minimum Gasteiger partial charge on any atom is -0.366 e. The topological polar surface area (TPSA) is 38.7 Å². The summed E-state index contributed by atoms with van der Waals surface area (Å²) >= 11 is 0. The van der Waals surface area contributed by atoms with Crippen LogP contribution in [0.1, 0.15) is 71.1 Å². The average Bonchev–Trinajstić information content (AvgIpc) is 3.69. The maximum Gasteiger partial charge on any atom is 0.0959 e. The van der Waals surface area contributed by atoms with Crippen LogP contribution in [-0.4, -0.2) is 18.2 Å². The Kier molecular flexibility index (Phi) is 3.56. The minimum atomic E-state index is 0.0584. The summed E-state index contributed by atoms with van der Waals surface area (Å²) in [5, 5.41) is 3.46. The van der Waals surface area contributed by atoms with Gasteiger partial charge in [-0.2, -0.15) is 4.91 Å². The predicted octanol–water partition coefficient (Wildman–Crippen LogP) is 6.05. The van der Waals surface area contributed by atoms with Crippen molar-refractivity contribution in [2.75, 3.05) is 6.61 Å². The highest BCUT2D eigenvalue weighted by Gasteiger charge is 2.78. The Morgan fingerprint density at radius 3 is 2.79 bits per heavy atom. The molecular weight excluding hydrogens is 358 g/mol. The van der Waals surface area contributed by atoms with E-state index in [0.717, 1.165) is 67.3 Å². The average molecular weight is 394 g/mol. The van der Waals surface area contributed by atoms with Gasteiger partial charge in [-0.1, -0.05) is 35.4 Å². The van der Waals surface area contributed by atoms with Gasteiger partial charge in [-0.15, -0.1) is 0 Å². The fourth-order valence-corrected chi connectivity index (χ4v) is 9.87. The first kappa shape index (κ1) is 17.7. The number of ether oxygens (including phenoxy) is 1. The van der Waals surface area contributed by atoms with Gasteiger partial charge in [0, 0.05) is 5.41 Å². The van der Waals surface area contributed by atoms with Crippen molar-refractivity contribution in [2.24, 2.45) is 52.0 Å². The lowest BCUT2D eigenvalue weighted by atomic mass is 9.46. The third kappa shape index (κ3) is 2.09. The second kappa shape index (κ2) is 5.84. The summed E-state index contributed by atoms with van der Waals surface area (Å²) in [6.07, 6.45) is 17.6. The van der Waals surface area contributed by atoms with Gasteiger partial charge >= 0.3 is 0 Å². The maximum absolute atomic E-state index is 11.3. The van der Waals surface area contributed by atoms with Gasteiger partial charge in [-0.25, -0.2) is 0 Å². The lowest BCUT2D eigenvalue weighted by Crippen LogP contribution is -2.56. The molecule has 1 heterocycles. The molecule has 3 nitrogen and oxygen atoms in total. The van der Waals surface area contributed by atoms with E-state index in [1.807, 2.05) is 0 Å². The first-order valence-electron chi connectivity index (χ1n) is 12.6. The van der Waals surface area contributed by atoms with Gasteiger partial charge in [0.05, 0.1) is 18.2 Å². The monoisotopic (exact) mass is 393 g/mol. The Labute approximate surface area is 174 Å². The molecule has 0 N–H and O–H groups in total. The lowest BCUT2D eigenvalue weighted by molar-refractivity contribution is -0.142. The smallest absolute Gasteiger partial charge is 0.0959 e. The van der Waals surface area contributed by atoms with Crippen LogP contribution in [0.3, 0.4) is 0 Å². The van der Waals surface area contributed by atoms with E-state index in [4.69, 9.17) is 4.74 Å². The molecule has 0 bridgehead atoms. The number of nitrogens with zero attached hydrogens (tertiary/aromatic N) is 1. The zero-order valence-electron chi connectivity index (χ0n) is 17.8. The molecule has 0 aromatic carbocycles. The van der Waals surface area contributed by atoms with E-state index >= 15 is 0 Å². The summed E-state index contributed by atoms with van der Waals surface area (Å²) in [4.78, 5) is 11.3. The summed E-state index contributed by atoms with van der Waals surface area (Å²) in [6, 6.07) is 0.0584. The normalized spacial score (nSPS) is 54.7. The molecule has 4 fully saturated rings. The second-order valence-electron chi connectivity index (χ2n) is 11.6. The Bertz CT molecular complexity index is 812. The van der Waals surface area contributed by atoms with Gasteiger partial charge in [0.15, 0.2) is 0 Å². The number of hydrogen-bond acceptors (Lipinski definition) is 3. The minimum absolute atomic E-state index is 0.0584. The molecule has 4 saturated carbocycles. The van der Waals surface area contributed by atoms with Crippen molar-refractivity contribution in [1.82, 2.24) is 0 Å². The van der Waals surface area contributed by atoms with E-state index in [2.05, 4.69) is 24.3 Å². The molecule has 0 saturated heterocycles. The number of hydrogen-bond donors (Lipinski definition) is 0. The predicted molar refractivity (Wildman–Crippen MR) is 113 cm³/mol. The van der Waals surface area contributed by atoms with Crippen LogP contribution in [0.2, 0.25) is 0 Å². The quantitative estimate of drug-likeness (QED) is 0.433. The van der Waals surface area contributed by atoms with Crippen molar-refractivity contribution >= 4 is 0 Å². The summed E-state index contributed by atoms with van der Waals surface area (Å²) < 4.78 is 6.68. The van der Waals surface area contributed by atoms with Crippen LogP contribution in [0.4, 0.5) is 0 Å². The molecule has 156 valence electrons. The molecule has 1 aliphatic heterocycles. The lowest BCUT2D eigenvalue weighted by Gasteiger charge is -2.59. The molecule has 0 radical (unpaired) electrons. The molecule has 0 aromatic rings. The van der Waals surface area contributed by atoms with Crippen molar-refractivity contribution in [1.29, 1.82) is 0 Å². The molecule has 3 heteroatoms. The van der Waals surface area contributed by atoms with Crippen LogP contribution in [-0.2, 0) is 4.74 Å². The van der Waals surface area contributed by atoms with Gasteiger partial charge < -0.3 is 4.74 Å². The molecular formula is C26H35NO2. The maximum atomic E-state index is 11.3. The number of nitroso groups, excluding NO2 is 1. The van der Waals surface area contributed by atoms with Gasteiger partial charge in [-0.3, -0.25) is 0 Å². The van der Waals surface area contributed by atoms with E-state index in [1.54, 1.807) is 11.1 Å². The highest BCUT2D eigenvalue weighted by Crippen LogP contribution is 2.79. The van der Waals surface area contributed by atoms with E-state index in [0.29, 0.717) is 5.41 Å². The molecule has 0 aromatic heterocycles. The van der Waals surface area contributed by atoms with Crippen molar-refractivity contribution in [3.05, 3.63) is 28.2 Å². The van der Waals surface area contributed by atoms with Crippen molar-refractivity contribution in [2.45, 2.75) is 82.8 Å². The van der Waals surface area contributed by atoms with Crippen molar-refractivity contribution < 1.29 is 4.74 Å². The van der Waals surface area contributed by atoms with Crippen LogP contribution < -0.4 is 0 Å². The highest BCUT2D eigenvalue weighted by atomic mass is 16.5. The Morgan fingerprint density at radius 2 is 2.07 bits per heavy atom. The number of rotatable bonds is 3. The molecule has 29 heavy (non-hydrogen) atoms.